The summed E-state index contributed by atoms with van der Waals surface area (Å²) in [7, 11) is 0. The van der Waals surface area contributed by atoms with Crippen LogP contribution >= 0.6 is 0 Å². The zero-order valence-electron chi connectivity index (χ0n) is 10.0. The van der Waals surface area contributed by atoms with Crippen LogP contribution in [0.25, 0.3) is 0 Å². The van der Waals surface area contributed by atoms with Crippen LogP contribution in [0.1, 0.15) is 37.4 Å². The predicted molar refractivity (Wildman–Crippen MR) is 62.7 cm³/mol. The Morgan fingerprint density at radius 2 is 1.59 bits per heavy atom. The number of nitriles is 1. The summed E-state index contributed by atoms with van der Waals surface area (Å²) < 4.78 is 24.8. The molecule has 0 radical (unpaired) electrons. The van der Waals surface area contributed by atoms with Crippen molar-refractivity contribution in [1.82, 2.24) is 4.90 Å². The fourth-order valence-corrected chi connectivity index (χ4v) is 1.78. The Hall–Kier alpha value is -1.47. The molecule has 0 saturated heterocycles. The second-order valence-corrected chi connectivity index (χ2v) is 3.72. The van der Waals surface area contributed by atoms with Crippen molar-refractivity contribution in [1.29, 1.82) is 5.26 Å². The lowest BCUT2D eigenvalue weighted by Gasteiger charge is -2.24. The summed E-state index contributed by atoms with van der Waals surface area (Å²) >= 11 is 0. The number of rotatable bonds is 5. The van der Waals surface area contributed by atoms with Crippen LogP contribution in [0, 0.1) is 11.3 Å². The second kappa shape index (κ2) is 6.31. The highest BCUT2D eigenvalue weighted by Gasteiger charge is 2.17. The Bertz CT molecular complexity index is 377. The third-order valence-electron chi connectivity index (χ3n) is 2.80. The maximum absolute atomic E-state index is 12.4. The molecule has 0 aromatic heterocycles. The van der Waals surface area contributed by atoms with Crippen molar-refractivity contribution in [2.75, 3.05) is 13.1 Å². The van der Waals surface area contributed by atoms with Gasteiger partial charge in [0.05, 0.1) is 6.07 Å². The van der Waals surface area contributed by atoms with Crippen molar-refractivity contribution in [3.8, 4) is 6.07 Å². The van der Waals surface area contributed by atoms with Gasteiger partial charge >= 0.3 is 0 Å². The average Bonchev–Trinajstić information content (AvgIpc) is 2.36. The van der Waals surface area contributed by atoms with Gasteiger partial charge in [0, 0.05) is 5.56 Å². The predicted octanol–water partition coefficient (Wildman–Crippen LogP) is 3.53. The van der Waals surface area contributed by atoms with Gasteiger partial charge in [0.2, 0.25) is 0 Å². The van der Waals surface area contributed by atoms with E-state index < -0.39 is 6.43 Å². The van der Waals surface area contributed by atoms with Gasteiger partial charge in [-0.15, -0.1) is 0 Å². The number of nitrogens with zero attached hydrogens (tertiary/aromatic N) is 2. The van der Waals surface area contributed by atoms with Gasteiger partial charge in [-0.3, -0.25) is 4.90 Å². The molecule has 1 aromatic rings. The third-order valence-corrected chi connectivity index (χ3v) is 2.80. The smallest absolute Gasteiger partial charge is 0.263 e. The molecule has 0 aliphatic rings. The van der Waals surface area contributed by atoms with Gasteiger partial charge in [0.15, 0.2) is 0 Å². The van der Waals surface area contributed by atoms with E-state index in [1.807, 2.05) is 18.7 Å². The van der Waals surface area contributed by atoms with Crippen LogP contribution in [0.3, 0.4) is 0 Å². The van der Waals surface area contributed by atoms with Crippen LogP contribution in [0.2, 0.25) is 0 Å². The minimum atomic E-state index is -2.46. The van der Waals surface area contributed by atoms with Crippen molar-refractivity contribution >= 4 is 0 Å². The second-order valence-electron chi connectivity index (χ2n) is 3.72. The van der Waals surface area contributed by atoms with Crippen LogP contribution in [-0.2, 0) is 0 Å². The molecule has 0 N–H and O–H groups in total. The fraction of sp³-hybridized carbons (Fsp3) is 0.462. The Morgan fingerprint density at radius 3 is 1.94 bits per heavy atom. The Labute approximate surface area is 100 Å². The van der Waals surface area contributed by atoms with Crippen LogP contribution in [0.5, 0.6) is 0 Å². The first-order chi connectivity index (χ1) is 8.13. The Balaban J connectivity index is 2.94. The topological polar surface area (TPSA) is 27.0 Å². The van der Waals surface area contributed by atoms with Gasteiger partial charge in [-0.2, -0.15) is 5.26 Å². The molecule has 0 fully saturated rings. The monoisotopic (exact) mass is 238 g/mol. The van der Waals surface area contributed by atoms with Gasteiger partial charge in [0.25, 0.3) is 6.43 Å². The van der Waals surface area contributed by atoms with Crippen LogP contribution in [-0.4, -0.2) is 18.0 Å². The highest BCUT2D eigenvalue weighted by atomic mass is 19.3. The van der Waals surface area contributed by atoms with E-state index in [0.29, 0.717) is 0 Å². The number of benzene rings is 1. The minimum Gasteiger partial charge on any atom is -0.285 e. The summed E-state index contributed by atoms with van der Waals surface area (Å²) in [6, 6.07) is 7.82. The molecule has 0 heterocycles. The van der Waals surface area contributed by atoms with E-state index in [4.69, 9.17) is 5.26 Å². The number of hydrogen-bond donors (Lipinski definition) is 0. The molecule has 0 bridgehead atoms. The number of halogens is 2. The summed E-state index contributed by atoms with van der Waals surface area (Å²) in [5.41, 5.74) is 0.755. The first kappa shape index (κ1) is 13.6. The lowest BCUT2D eigenvalue weighted by Crippen LogP contribution is -2.27. The first-order valence-corrected chi connectivity index (χ1v) is 5.65. The lowest BCUT2D eigenvalue weighted by molar-refractivity contribution is 0.151. The van der Waals surface area contributed by atoms with Crippen LogP contribution in [0.15, 0.2) is 24.3 Å². The zero-order chi connectivity index (χ0) is 12.8. The van der Waals surface area contributed by atoms with Crippen molar-refractivity contribution in [2.45, 2.75) is 26.3 Å². The molecule has 1 atom stereocenters. The molecule has 0 aliphatic heterocycles. The van der Waals surface area contributed by atoms with E-state index >= 15 is 0 Å². The van der Waals surface area contributed by atoms with E-state index in [9.17, 15) is 8.78 Å². The summed E-state index contributed by atoms with van der Waals surface area (Å²) in [5.74, 6) is 0. The molecule has 1 unspecified atom stereocenters. The Morgan fingerprint density at radius 1 is 1.12 bits per heavy atom. The van der Waals surface area contributed by atoms with Gasteiger partial charge in [-0.25, -0.2) is 8.78 Å². The summed E-state index contributed by atoms with van der Waals surface area (Å²) in [6.45, 7) is 5.46. The Kier molecular flexibility index (Phi) is 5.05. The summed E-state index contributed by atoms with van der Waals surface area (Å²) in [5, 5.41) is 9.15. The summed E-state index contributed by atoms with van der Waals surface area (Å²) in [4.78, 5) is 1.98. The maximum Gasteiger partial charge on any atom is 0.263 e. The lowest BCUT2D eigenvalue weighted by atomic mass is 10.0. The van der Waals surface area contributed by atoms with Crippen molar-refractivity contribution in [3.63, 3.8) is 0 Å². The fourth-order valence-electron chi connectivity index (χ4n) is 1.78. The highest BCUT2D eigenvalue weighted by molar-refractivity contribution is 5.28. The largest absolute Gasteiger partial charge is 0.285 e. The van der Waals surface area contributed by atoms with E-state index in [2.05, 4.69) is 6.07 Å². The molecule has 0 aliphatic carbocycles. The molecule has 1 aromatic carbocycles. The van der Waals surface area contributed by atoms with Crippen LogP contribution < -0.4 is 0 Å². The zero-order valence-corrected chi connectivity index (χ0v) is 10.0. The number of alkyl halides is 2. The van der Waals surface area contributed by atoms with Gasteiger partial charge in [-0.05, 0) is 18.7 Å². The molecule has 2 nitrogen and oxygen atoms in total. The molecular weight excluding hydrogens is 222 g/mol. The van der Waals surface area contributed by atoms with E-state index in [-0.39, 0.29) is 11.6 Å². The van der Waals surface area contributed by atoms with Crippen molar-refractivity contribution in [2.24, 2.45) is 0 Å². The SMILES string of the molecule is CCN(CC)C(C#N)c1ccc(C(F)F)cc1. The van der Waals surface area contributed by atoms with E-state index in [1.165, 1.54) is 12.1 Å². The van der Waals surface area contributed by atoms with Gasteiger partial charge in [-0.1, -0.05) is 38.1 Å². The maximum atomic E-state index is 12.4. The van der Waals surface area contributed by atoms with Crippen molar-refractivity contribution < 1.29 is 8.78 Å². The normalized spacial score (nSPS) is 12.8. The highest BCUT2D eigenvalue weighted by Crippen LogP contribution is 2.23. The molecular formula is C13H16F2N2. The molecule has 0 spiro atoms. The molecule has 92 valence electrons. The van der Waals surface area contributed by atoms with E-state index in [1.54, 1.807) is 12.1 Å². The van der Waals surface area contributed by atoms with Crippen molar-refractivity contribution in [3.05, 3.63) is 35.4 Å². The minimum absolute atomic E-state index is 0.00927. The van der Waals surface area contributed by atoms with E-state index in [0.717, 1.165) is 18.7 Å². The average molecular weight is 238 g/mol. The quantitative estimate of drug-likeness (QED) is 0.784. The summed E-state index contributed by atoms with van der Waals surface area (Å²) in [6.07, 6.45) is -2.46. The van der Waals surface area contributed by atoms with Crippen LogP contribution in [0.4, 0.5) is 8.78 Å². The third kappa shape index (κ3) is 3.24. The molecule has 17 heavy (non-hydrogen) atoms. The number of hydrogen-bond acceptors (Lipinski definition) is 2. The van der Waals surface area contributed by atoms with Gasteiger partial charge < -0.3 is 0 Å². The molecule has 0 saturated carbocycles. The standard InChI is InChI=1S/C13H16F2N2/c1-3-17(4-2)12(9-16)10-5-7-11(8-6-10)13(14)15/h5-8,12-13H,3-4H2,1-2H3. The molecule has 0 amide bonds. The molecule has 1 rings (SSSR count). The first-order valence-electron chi connectivity index (χ1n) is 5.65. The molecule has 4 heteroatoms. The van der Waals surface area contributed by atoms with Gasteiger partial charge in [0.1, 0.15) is 6.04 Å².